The average molecular weight is 381 g/mol. The van der Waals surface area contributed by atoms with Crippen LogP contribution in [-0.2, 0) is 27.2 Å². The number of ether oxygens (including phenoxy) is 3. The van der Waals surface area contributed by atoms with Crippen LogP contribution in [0.2, 0.25) is 0 Å². The number of hydrogen-bond donors (Lipinski definition) is 1. The van der Waals surface area contributed by atoms with Crippen LogP contribution in [0.15, 0.2) is 60.7 Å². The highest BCUT2D eigenvalue weighted by Crippen LogP contribution is 2.35. The molecule has 0 radical (unpaired) electrons. The Kier molecular flexibility index (Phi) is 6.24. The lowest BCUT2D eigenvalue weighted by Gasteiger charge is -2.17. The second-order valence-electron chi connectivity index (χ2n) is 7.52. The number of fused-ring (bicyclic) bond motifs is 1. The highest BCUT2D eigenvalue weighted by Gasteiger charge is 2.48. The van der Waals surface area contributed by atoms with E-state index in [-0.39, 0.29) is 18.3 Å². The van der Waals surface area contributed by atoms with Crippen LogP contribution in [0.25, 0.3) is 0 Å². The molecule has 1 amide bonds. The van der Waals surface area contributed by atoms with Crippen molar-refractivity contribution in [2.75, 3.05) is 13.2 Å². The Morgan fingerprint density at radius 1 is 0.929 bits per heavy atom. The van der Waals surface area contributed by atoms with Crippen molar-refractivity contribution in [2.24, 2.45) is 5.92 Å². The zero-order valence-corrected chi connectivity index (χ0v) is 16.0. The Morgan fingerprint density at radius 3 is 2.36 bits per heavy atom. The number of amides is 1. The van der Waals surface area contributed by atoms with Gasteiger partial charge in [0.2, 0.25) is 0 Å². The van der Waals surface area contributed by atoms with Crippen molar-refractivity contribution in [2.45, 2.75) is 44.1 Å². The fraction of sp³-hybridized carbons (Fsp3) is 0.435. The van der Waals surface area contributed by atoms with E-state index in [1.807, 2.05) is 36.4 Å². The van der Waals surface area contributed by atoms with Gasteiger partial charge in [0.25, 0.3) is 0 Å². The predicted molar refractivity (Wildman–Crippen MR) is 106 cm³/mol. The molecule has 5 heteroatoms. The van der Waals surface area contributed by atoms with Gasteiger partial charge in [0, 0.05) is 12.5 Å². The summed E-state index contributed by atoms with van der Waals surface area (Å²) in [5, 5.41) is 2.80. The molecule has 2 heterocycles. The van der Waals surface area contributed by atoms with Crippen molar-refractivity contribution in [1.29, 1.82) is 0 Å². The van der Waals surface area contributed by atoms with Crippen molar-refractivity contribution < 1.29 is 19.0 Å². The number of aryl methyl sites for hydroxylation is 1. The first-order valence-corrected chi connectivity index (χ1v) is 10.0. The van der Waals surface area contributed by atoms with E-state index in [2.05, 4.69) is 29.6 Å². The number of rotatable bonds is 7. The topological polar surface area (TPSA) is 56.8 Å². The molecule has 148 valence electrons. The fourth-order valence-corrected chi connectivity index (χ4v) is 4.05. The van der Waals surface area contributed by atoms with Gasteiger partial charge in [0.1, 0.15) is 6.10 Å². The first-order chi connectivity index (χ1) is 13.8. The summed E-state index contributed by atoms with van der Waals surface area (Å²) in [5.74, 6) is 0.370. The molecule has 0 saturated carbocycles. The Labute approximate surface area is 166 Å². The van der Waals surface area contributed by atoms with Gasteiger partial charge in [-0.05, 0) is 30.4 Å². The molecule has 2 aliphatic rings. The minimum absolute atomic E-state index is 0.0303. The molecule has 2 aromatic carbocycles. The van der Waals surface area contributed by atoms with E-state index < -0.39 is 6.09 Å². The highest BCUT2D eigenvalue weighted by atomic mass is 16.6. The number of carbonyl (C=O) groups is 1. The third kappa shape index (κ3) is 4.72. The molecule has 0 unspecified atom stereocenters. The molecule has 0 aromatic heterocycles. The lowest BCUT2D eigenvalue weighted by molar-refractivity contribution is 0.00260. The van der Waals surface area contributed by atoms with E-state index >= 15 is 0 Å². The number of carbonyl (C=O) groups excluding carboxylic acids is 1. The van der Waals surface area contributed by atoms with Crippen LogP contribution in [0.1, 0.15) is 24.0 Å². The zero-order chi connectivity index (χ0) is 19.2. The van der Waals surface area contributed by atoms with Gasteiger partial charge in [-0.25, -0.2) is 4.79 Å². The maximum atomic E-state index is 12.1. The third-order valence-corrected chi connectivity index (χ3v) is 5.53. The maximum Gasteiger partial charge on any atom is 0.407 e. The van der Waals surface area contributed by atoms with Crippen LogP contribution in [-0.4, -0.2) is 37.6 Å². The normalized spacial score (nSPS) is 26.0. The van der Waals surface area contributed by atoms with Crippen molar-refractivity contribution in [3.63, 3.8) is 0 Å². The predicted octanol–water partition coefficient (Wildman–Crippen LogP) is 3.72. The van der Waals surface area contributed by atoms with Gasteiger partial charge in [0.15, 0.2) is 6.10 Å². The van der Waals surface area contributed by atoms with E-state index in [1.54, 1.807) is 0 Å². The molecular weight excluding hydrogens is 354 g/mol. The molecule has 2 aromatic rings. The molecule has 4 atom stereocenters. The van der Waals surface area contributed by atoms with Crippen LogP contribution < -0.4 is 5.32 Å². The van der Waals surface area contributed by atoms with E-state index in [9.17, 15) is 4.79 Å². The summed E-state index contributed by atoms with van der Waals surface area (Å²) in [5.41, 5.74) is 2.40. The molecule has 28 heavy (non-hydrogen) atoms. The number of alkyl carbamates (subject to hydrolysis) is 1. The van der Waals surface area contributed by atoms with Gasteiger partial charge >= 0.3 is 6.09 Å². The van der Waals surface area contributed by atoms with Gasteiger partial charge in [-0.15, -0.1) is 0 Å². The molecule has 0 spiro atoms. The quantitative estimate of drug-likeness (QED) is 0.794. The van der Waals surface area contributed by atoms with E-state index in [4.69, 9.17) is 14.2 Å². The summed E-state index contributed by atoms with van der Waals surface area (Å²) < 4.78 is 17.4. The smallest absolute Gasteiger partial charge is 0.407 e. The fourth-order valence-electron chi connectivity index (χ4n) is 4.05. The second kappa shape index (κ2) is 9.22. The first-order valence-electron chi connectivity index (χ1n) is 10.0. The Hall–Kier alpha value is -2.37. The molecule has 2 aliphatic heterocycles. The monoisotopic (exact) mass is 381 g/mol. The van der Waals surface area contributed by atoms with E-state index in [1.165, 1.54) is 5.56 Å². The van der Waals surface area contributed by atoms with Gasteiger partial charge in [0.05, 0.1) is 19.3 Å². The standard InChI is InChI=1S/C23H27NO4/c25-23(24-14-18-10-5-2-6-11-18)28-20-16-27-21-19(15-26-22(20)21)13-7-12-17-8-3-1-4-9-17/h1-6,8-11,19-22H,7,12-16H2,(H,24,25)/t19-,20+,21-,22-/m1/s1. The van der Waals surface area contributed by atoms with E-state index in [0.29, 0.717) is 25.7 Å². The molecule has 5 nitrogen and oxygen atoms in total. The SMILES string of the molecule is O=C(NCc1ccccc1)O[C@H]1CO[C@@H]2[C@H](CCCc3ccccc3)CO[C@@H]21. The van der Waals surface area contributed by atoms with Gasteiger partial charge in [-0.1, -0.05) is 60.7 Å². The largest absolute Gasteiger partial charge is 0.441 e. The number of nitrogens with one attached hydrogen (secondary N) is 1. The molecule has 1 N–H and O–H groups in total. The molecule has 0 bridgehead atoms. The molecule has 0 aliphatic carbocycles. The Morgan fingerprint density at radius 2 is 1.61 bits per heavy atom. The molecule has 4 rings (SSSR count). The van der Waals surface area contributed by atoms with Gasteiger partial charge in [-0.3, -0.25) is 0 Å². The molecule has 2 saturated heterocycles. The lowest BCUT2D eigenvalue weighted by atomic mass is 9.94. The second-order valence-corrected chi connectivity index (χ2v) is 7.52. The molecule has 2 fully saturated rings. The van der Waals surface area contributed by atoms with Gasteiger partial charge in [-0.2, -0.15) is 0 Å². The van der Waals surface area contributed by atoms with Crippen LogP contribution in [0.5, 0.6) is 0 Å². The van der Waals surface area contributed by atoms with Crippen molar-refractivity contribution in [1.82, 2.24) is 5.32 Å². The van der Waals surface area contributed by atoms with E-state index in [0.717, 1.165) is 24.8 Å². The van der Waals surface area contributed by atoms with Crippen molar-refractivity contribution in [3.05, 3.63) is 71.8 Å². The van der Waals surface area contributed by atoms with Crippen molar-refractivity contribution >= 4 is 6.09 Å². The summed E-state index contributed by atoms with van der Waals surface area (Å²) in [7, 11) is 0. The minimum atomic E-state index is -0.422. The Balaban J connectivity index is 1.20. The summed E-state index contributed by atoms with van der Waals surface area (Å²) in [6.07, 6.45) is 2.36. The maximum absolute atomic E-state index is 12.1. The van der Waals surface area contributed by atoms with Crippen LogP contribution >= 0.6 is 0 Å². The molecular formula is C23H27NO4. The highest BCUT2D eigenvalue weighted by molar-refractivity contribution is 5.67. The minimum Gasteiger partial charge on any atom is -0.441 e. The van der Waals surface area contributed by atoms with Crippen molar-refractivity contribution in [3.8, 4) is 0 Å². The summed E-state index contributed by atoms with van der Waals surface area (Å²) in [6.45, 7) is 1.53. The Bertz CT molecular complexity index is 752. The first kappa shape index (κ1) is 19.0. The summed E-state index contributed by atoms with van der Waals surface area (Å²) in [6, 6.07) is 20.3. The zero-order valence-electron chi connectivity index (χ0n) is 16.0. The average Bonchev–Trinajstić information content (AvgIpc) is 3.31. The van der Waals surface area contributed by atoms with Crippen LogP contribution in [0.4, 0.5) is 4.79 Å². The lowest BCUT2D eigenvalue weighted by Crippen LogP contribution is -2.36. The van der Waals surface area contributed by atoms with Gasteiger partial charge < -0.3 is 19.5 Å². The third-order valence-electron chi connectivity index (χ3n) is 5.53. The summed E-state index contributed by atoms with van der Waals surface area (Å²) in [4.78, 5) is 12.1. The number of benzene rings is 2. The van der Waals surface area contributed by atoms with Crippen LogP contribution in [0, 0.1) is 5.92 Å². The van der Waals surface area contributed by atoms with Crippen LogP contribution in [0.3, 0.4) is 0 Å². The summed E-state index contributed by atoms with van der Waals surface area (Å²) >= 11 is 0. The number of hydrogen-bond acceptors (Lipinski definition) is 4.